The lowest BCUT2D eigenvalue weighted by molar-refractivity contribution is -0.140. The fourth-order valence-corrected chi connectivity index (χ4v) is 1.78. The Bertz CT molecular complexity index is 250. The Kier molecular flexibility index (Phi) is 5.25. The van der Waals surface area contributed by atoms with Gasteiger partial charge in [-0.2, -0.15) is 0 Å². The zero-order valence-electron chi connectivity index (χ0n) is 9.99. The number of piperidine rings is 1. The summed E-state index contributed by atoms with van der Waals surface area (Å²) in [6.07, 6.45) is 3.36. The summed E-state index contributed by atoms with van der Waals surface area (Å²) in [7, 11) is 1.33. The van der Waals surface area contributed by atoms with Gasteiger partial charge in [0.15, 0.2) is 0 Å². The average Bonchev–Trinajstić information content (AvgIpc) is 2.35. The number of nitrogens with one attached hydrogen (secondary N) is 1. The SMILES string of the molecule is COC(=O)CNC(C)C(=O)N1CCCCC1. The van der Waals surface area contributed by atoms with E-state index in [-0.39, 0.29) is 24.5 Å². The molecule has 0 spiro atoms. The van der Waals surface area contributed by atoms with Crippen molar-refractivity contribution in [3.63, 3.8) is 0 Å². The van der Waals surface area contributed by atoms with Gasteiger partial charge in [-0.15, -0.1) is 0 Å². The number of rotatable bonds is 4. The van der Waals surface area contributed by atoms with Crippen molar-refractivity contribution in [2.45, 2.75) is 32.2 Å². The third kappa shape index (κ3) is 3.81. The maximum atomic E-state index is 11.9. The summed E-state index contributed by atoms with van der Waals surface area (Å²) in [6, 6.07) is -0.322. The molecule has 0 aromatic carbocycles. The lowest BCUT2D eigenvalue weighted by Crippen LogP contribution is -2.48. The van der Waals surface area contributed by atoms with Crippen LogP contribution in [-0.4, -0.2) is 49.6 Å². The van der Waals surface area contributed by atoms with Gasteiger partial charge in [0.05, 0.1) is 19.7 Å². The van der Waals surface area contributed by atoms with Crippen molar-refractivity contribution in [2.24, 2.45) is 0 Å². The predicted octanol–water partition coefficient (Wildman–Crippen LogP) is 0.150. The summed E-state index contributed by atoms with van der Waals surface area (Å²) in [6.45, 7) is 3.53. The van der Waals surface area contributed by atoms with Crippen molar-refractivity contribution in [1.29, 1.82) is 0 Å². The Morgan fingerprint density at radius 3 is 2.50 bits per heavy atom. The molecule has 92 valence electrons. The number of carbonyl (C=O) groups excluding carboxylic acids is 2. The summed E-state index contributed by atoms with van der Waals surface area (Å²) in [5.74, 6) is -0.276. The van der Waals surface area contributed by atoms with Gasteiger partial charge >= 0.3 is 5.97 Å². The Balaban J connectivity index is 2.31. The molecule has 1 fully saturated rings. The van der Waals surface area contributed by atoms with E-state index in [2.05, 4.69) is 10.1 Å². The van der Waals surface area contributed by atoms with Crippen LogP contribution in [0.1, 0.15) is 26.2 Å². The van der Waals surface area contributed by atoms with Crippen LogP contribution < -0.4 is 5.32 Å². The van der Waals surface area contributed by atoms with E-state index in [9.17, 15) is 9.59 Å². The summed E-state index contributed by atoms with van der Waals surface area (Å²) in [5.41, 5.74) is 0. The third-order valence-electron chi connectivity index (χ3n) is 2.82. The van der Waals surface area contributed by atoms with Crippen LogP contribution in [-0.2, 0) is 14.3 Å². The van der Waals surface area contributed by atoms with Crippen molar-refractivity contribution in [3.05, 3.63) is 0 Å². The molecule has 1 saturated heterocycles. The van der Waals surface area contributed by atoms with Gasteiger partial charge in [-0.05, 0) is 26.2 Å². The molecule has 1 amide bonds. The van der Waals surface area contributed by atoms with E-state index in [0.717, 1.165) is 25.9 Å². The summed E-state index contributed by atoms with van der Waals surface area (Å²) >= 11 is 0. The normalized spacial score (nSPS) is 18.0. The topological polar surface area (TPSA) is 58.6 Å². The third-order valence-corrected chi connectivity index (χ3v) is 2.82. The number of likely N-dealkylation sites (tertiary alicyclic amines) is 1. The van der Waals surface area contributed by atoms with E-state index in [1.807, 2.05) is 4.90 Å². The number of hydrogen-bond acceptors (Lipinski definition) is 4. The minimum absolute atomic E-state index is 0.0728. The Labute approximate surface area is 96.1 Å². The molecule has 1 atom stereocenters. The number of methoxy groups -OCH3 is 1. The van der Waals surface area contributed by atoms with E-state index in [0.29, 0.717) is 0 Å². The molecule has 1 aliphatic heterocycles. The first-order valence-corrected chi connectivity index (χ1v) is 5.74. The molecule has 1 aliphatic rings. The van der Waals surface area contributed by atoms with Crippen molar-refractivity contribution < 1.29 is 14.3 Å². The van der Waals surface area contributed by atoms with Crippen LogP contribution in [0, 0.1) is 0 Å². The minimum atomic E-state index is -0.349. The largest absolute Gasteiger partial charge is 0.468 e. The Morgan fingerprint density at radius 2 is 1.94 bits per heavy atom. The highest BCUT2D eigenvalue weighted by Crippen LogP contribution is 2.09. The molecular weight excluding hydrogens is 208 g/mol. The molecule has 1 N–H and O–H groups in total. The van der Waals surface area contributed by atoms with Crippen LogP contribution >= 0.6 is 0 Å². The summed E-state index contributed by atoms with van der Waals surface area (Å²) in [5, 5.41) is 2.86. The number of esters is 1. The average molecular weight is 228 g/mol. The number of ether oxygens (including phenoxy) is 1. The molecule has 1 heterocycles. The zero-order valence-corrected chi connectivity index (χ0v) is 9.99. The summed E-state index contributed by atoms with van der Waals surface area (Å²) < 4.78 is 4.50. The minimum Gasteiger partial charge on any atom is -0.468 e. The molecule has 16 heavy (non-hydrogen) atoms. The number of carbonyl (C=O) groups is 2. The molecule has 0 aromatic heterocycles. The van der Waals surface area contributed by atoms with Crippen LogP contribution in [0.2, 0.25) is 0 Å². The van der Waals surface area contributed by atoms with Crippen LogP contribution in [0.15, 0.2) is 0 Å². The second-order valence-electron chi connectivity index (χ2n) is 4.06. The maximum Gasteiger partial charge on any atom is 0.319 e. The van der Waals surface area contributed by atoms with E-state index in [1.54, 1.807) is 6.92 Å². The monoisotopic (exact) mass is 228 g/mol. The molecule has 0 saturated carbocycles. The van der Waals surface area contributed by atoms with E-state index in [1.165, 1.54) is 13.5 Å². The van der Waals surface area contributed by atoms with Crippen molar-refractivity contribution in [1.82, 2.24) is 10.2 Å². The quantitative estimate of drug-likeness (QED) is 0.696. The van der Waals surface area contributed by atoms with Crippen molar-refractivity contribution in [3.8, 4) is 0 Å². The first-order chi connectivity index (χ1) is 7.65. The van der Waals surface area contributed by atoms with Crippen LogP contribution in [0.25, 0.3) is 0 Å². The molecule has 0 bridgehead atoms. The number of hydrogen-bond donors (Lipinski definition) is 1. The fourth-order valence-electron chi connectivity index (χ4n) is 1.78. The molecule has 5 heteroatoms. The molecule has 1 rings (SSSR count). The fraction of sp³-hybridized carbons (Fsp3) is 0.818. The van der Waals surface area contributed by atoms with Gasteiger partial charge in [0.2, 0.25) is 5.91 Å². The predicted molar refractivity (Wildman–Crippen MR) is 59.9 cm³/mol. The van der Waals surface area contributed by atoms with E-state index in [4.69, 9.17) is 0 Å². The maximum absolute atomic E-state index is 11.9. The second-order valence-corrected chi connectivity index (χ2v) is 4.06. The highest BCUT2D eigenvalue weighted by atomic mass is 16.5. The first kappa shape index (κ1) is 13.0. The van der Waals surface area contributed by atoms with Gasteiger partial charge in [-0.25, -0.2) is 0 Å². The van der Waals surface area contributed by atoms with Crippen LogP contribution in [0.4, 0.5) is 0 Å². The Hall–Kier alpha value is -1.10. The lowest BCUT2D eigenvalue weighted by atomic mass is 10.1. The van der Waals surface area contributed by atoms with Gasteiger partial charge < -0.3 is 9.64 Å². The Morgan fingerprint density at radius 1 is 1.31 bits per heavy atom. The molecule has 0 aromatic rings. The van der Waals surface area contributed by atoms with E-state index < -0.39 is 0 Å². The standard InChI is InChI=1S/C11H20N2O3/c1-9(12-8-10(14)16-2)11(15)13-6-4-3-5-7-13/h9,12H,3-8H2,1-2H3. The molecular formula is C11H20N2O3. The van der Waals surface area contributed by atoms with Gasteiger partial charge in [0.25, 0.3) is 0 Å². The van der Waals surface area contributed by atoms with E-state index >= 15 is 0 Å². The molecule has 1 unspecified atom stereocenters. The lowest BCUT2D eigenvalue weighted by Gasteiger charge is -2.29. The van der Waals surface area contributed by atoms with Gasteiger partial charge in [0.1, 0.15) is 0 Å². The summed E-state index contributed by atoms with van der Waals surface area (Å²) in [4.78, 5) is 24.7. The van der Waals surface area contributed by atoms with Crippen LogP contribution in [0.3, 0.4) is 0 Å². The first-order valence-electron chi connectivity index (χ1n) is 5.74. The zero-order chi connectivity index (χ0) is 12.0. The molecule has 0 radical (unpaired) electrons. The van der Waals surface area contributed by atoms with Crippen molar-refractivity contribution >= 4 is 11.9 Å². The van der Waals surface area contributed by atoms with Gasteiger partial charge in [-0.1, -0.05) is 0 Å². The van der Waals surface area contributed by atoms with Gasteiger partial charge in [-0.3, -0.25) is 14.9 Å². The second kappa shape index (κ2) is 6.48. The van der Waals surface area contributed by atoms with Gasteiger partial charge in [0, 0.05) is 13.1 Å². The highest BCUT2D eigenvalue weighted by molar-refractivity contribution is 5.82. The number of nitrogens with zero attached hydrogens (tertiary/aromatic N) is 1. The van der Waals surface area contributed by atoms with Crippen molar-refractivity contribution in [2.75, 3.05) is 26.7 Å². The van der Waals surface area contributed by atoms with Crippen LogP contribution in [0.5, 0.6) is 0 Å². The molecule has 5 nitrogen and oxygen atoms in total. The molecule has 0 aliphatic carbocycles. The smallest absolute Gasteiger partial charge is 0.319 e. The highest BCUT2D eigenvalue weighted by Gasteiger charge is 2.22. The number of amides is 1.